The molecule has 4 heterocycles. The van der Waals surface area contributed by atoms with E-state index in [-0.39, 0.29) is 19.8 Å². The van der Waals surface area contributed by atoms with Gasteiger partial charge in [0.1, 0.15) is 31.0 Å². The van der Waals surface area contributed by atoms with Crippen molar-refractivity contribution < 1.29 is 66.5 Å². The highest BCUT2D eigenvalue weighted by Gasteiger charge is 2.57. The van der Waals surface area contributed by atoms with Crippen LogP contribution in [0.2, 0.25) is 0 Å². The van der Waals surface area contributed by atoms with Gasteiger partial charge in [0.25, 0.3) is 0 Å². The number of carbonyl (C=O) groups excluding carboxylic acids is 4. The van der Waals surface area contributed by atoms with Gasteiger partial charge < -0.3 is 47.4 Å². The summed E-state index contributed by atoms with van der Waals surface area (Å²) in [6.07, 6.45) is -7.43. The zero-order chi connectivity index (χ0) is 35.3. The van der Waals surface area contributed by atoms with Gasteiger partial charge in [0.2, 0.25) is 0 Å². The monoisotopic (exact) mass is 691 g/mol. The minimum Gasteiger partial charge on any atom is -0.463 e. The van der Waals surface area contributed by atoms with E-state index in [0.29, 0.717) is 12.3 Å². The quantitative estimate of drug-likeness (QED) is 0.217. The van der Waals surface area contributed by atoms with E-state index in [0.717, 1.165) is 26.3 Å². The molecule has 0 aliphatic carbocycles. The summed E-state index contributed by atoms with van der Waals surface area (Å²) in [5.74, 6) is -3.72. The molecule has 17 nitrogen and oxygen atoms in total. The van der Waals surface area contributed by atoms with Crippen LogP contribution in [0.3, 0.4) is 0 Å². The van der Waals surface area contributed by atoms with Gasteiger partial charge in [-0.1, -0.05) is 35.5 Å². The molecular weight excluding hydrogens is 650 g/mol. The Balaban J connectivity index is 1.33. The van der Waals surface area contributed by atoms with E-state index in [1.54, 1.807) is 24.7 Å². The minimum absolute atomic E-state index is 0.0841. The van der Waals surface area contributed by atoms with Crippen LogP contribution >= 0.6 is 0 Å². The van der Waals surface area contributed by atoms with E-state index in [2.05, 4.69) is 10.3 Å². The van der Waals surface area contributed by atoms with E-state index in [1.807, 2.05) is 30.3 Å². The molecule has 0 saturated carbocycles. The largest absolute Gasteiger partial charge is 0.463 e. The molecule has 0 bridgehead atoms. The van der Waals surface area contributed by atoms with E-state index >= 15 is 0 Å². The molecule has 3 aliphatic heterocycles. The van der Waals surface area contributed by atoms with Crippen LogP contribution in [0.5, 0.6) is 0 Å². The lowest BCUT2D eigenvalue weighted by atomic mass is 9.98. The Hall–Kier alpha value is -4.00. The van der Waals surface area contributed by atoms with Crippen molar-refractivity contribution in [2.24, 2.45) is 0 Å². The molecule has 2 aromatic rings. The van der Waals surface area contributed by atoms with Crippen LogP contribution in [0, 0.1) is 0 Å². The number of aromatic nitrogens is 3. The van der Waals surface area contributed by atoms with Crippen molar-refractivity contribution in [1.82, 2.24) is 15.0 Å². The first-order chi connectivity index (χ1) is 23.3. The lowest BCUT2D eigenvalue weighted by Gasteiger charge is -2.44. The summed E-state index contributed by atoms with van der Waals surface area (Å²) in [4.78, 5) is 47.9. The Kier molecular flexibility index (Phi) is 11.6. The summed E-state index contributed by atoms with van der Waals surface area (Å²) >= 11 is 0. The number of ether oxygens (including phenoxy) is 10. The Morgan fingerprint density at radius 3 is 2.16 bits per heavy atom. The lowest BCUT2D eigenvalue weighted by molar-refractivity contribution is -0.308. The van der Waals surface area contributed by atoms with Crippen molar-refractivity contribution in [1.29, 1.82) is 0 Å². The summed E-state index contributed by atoms with van der Waals surface area (Å²) in [6.45, 7) is 8.17. The molecule has 1 aromatic carbocycles. The van der Waals surface area contributed by atoms with Gasteiger partial charge in [-0.3, -0.25) is 19.2 Å². The first kappa shape index (κ1) is 36.3. The fourth-order valence-electron chi connectivity index (χ4n) is 5.90. The molecule has 0 N–H and O–H groups in total. The third-order valence-corrected chi connectivity index (χ3v) is 7.75. The minimum atomic E-state index is -1.36. The van der Waals surface area contributed by atoms with Gasteiger partial charge in [-0.2, -0.15) is 0 Å². The van der Waals surface area contributed by atoms with Gasteiger partial charge in [0.15, 0.2) is 36.7 Å². The standard InChI is InChI=1S/C32H41N3O14/c1-17(36)41-16-23-25(43-18(2)37)27(44-19(3)38)28(45-20(4)39)30(46-23)40-13-12-35-22(14-33-34-35)24-26(42-15-21-10-8-7-9-11-21)29-31(47-24)49-32(5,6)48-29/h7-11,14,23-31H,12-13,15-16H2,1-6H3/t23-,24-,25-,26+,27+,28-,29-,30-,31-/m1/s1. The summed E-state index contributed by atoms with van der Waals surface area (Å²) in [5.41, 5.74) is 1.52. The zero-order valence-corrected chi connectivity index (χ0v) is 28.0. The molecule has 0 radical (unpaired) electrons. The molecule has 49 heavy (non-hydrogen) atoms. The summed E-state index contributed by atoms with van der Waals surface area (Å²) in [5, 5.41) is 8.29. The van der Waals surface area contributed by atoms with Crippen molar-refractivity contribution in [3.63, 3.8) is 0 Å². The fourth-order valence-corrected chi connectivity index (χ4v) is 5.90. The number of nitrogens with zero attached hydrogens (tertiary/aromatic N) is 3. The SMILES string of the molecule is CC(=O)OC[C@H]1O[C@@H](OCCn2nncc2[C@H]2O[C@@H]3OC(C)(C)O[C@@H]3[C@H]2OCc2ccccc2)[C@H](OC(C)=O)[C@@H](OC(C)=O)[C@@H]1OC(C)=O. The van der Waals surface area contributed by atoms with Crippen molar-refractivity contribution in [2.75, 3.05) is 13.2 Å². The highest BCUT2D eigenvalue weighted by Crippen LogP contribution is 2.44. The topological polar surface area (TPSA) is 191 Å². The smallest absolute Gasteiger partial charge is 0.303 e. The summed E-state index contributed by atoms with van der Waals surface area (Å²) in [7, 11) is 0. The highest BCUT2D eigenvalue weighted by molar-refractivity contribution is 5.68. The van der Waals surface area contributed by atoms with Crippen molar-refractivity contribution in [3.05, 3.63) is 47.8 Å². The van der Waals surface area contributed by atoms with Gasteiger partial charge >= 0.3 is 23.9 Å². The number of benzene rings is 1. The number of fused-ring (bicyclic) bond motifs is 1. The second-order valence-electron chi connectivity index (χ2n) is 12.1. The third kappa shape index (κ3) is 9.17. The van der Waals surface area contributed by atoms with Crippen LogP contribution in [0.25, 0.3) is 0 Å². The van der Waals surface area contributed by atoms with Crippen LogP contribution in [-0.4, -0.2) is 107 Å². The van der Waals surface area contributed by atoms with Crippen LogP contribution in [0.4, 0.5) is 0 Å². The Morgan fingerprint density at radius 1 is 0.816 bits per heavy atom. The number of hydrogen-bond acceptors (Lipinski definition) is 16. The molecule has 0 amide bonds. The van der Waals surface area contributed by atoms with Crippen molar-refractivity contribution >= 4 is 23.9 Å². The van der Waals surface area contributed by atoms with E-state index in [4.69, 9.17) is 47.4 Å². The van der Waals surface area contributed by atoms with Gasteiger partial charge in [-0.25, -0.2) is 4.68 Å². The van der Waals surface area contributed by atoms with E-state index < -0.39 is 85.0 Å². The fraction of sp³-hybridized carbons (Fsp3) is 0.625. The van der Waals surface area contributed by atoms with Gasteiger partial charge in [-0.15, -0.1) is 5.10 Å². The molecule has 0 unspecified atom stereocenters. The maximum atomic E-state index is 12.1. The van der Waals surface area contributed by atoms with E-state index in [1.165, 1.54) is 6.92 Å². The number of rotatable bonds is 13. The molecule has 1 aromatic heterocycles. The predicted molar refractivity (Wildman–Crippen MR) is 161 cm³/mol. The Bertz CT molecular complexity index is 1470. The molecule has 3 fully saturated rings. The number of esters is 4. The second-order valence-corrected chi connectivity index (χ2v) is 12.1. The second kappa shape index (κ2) is 15.7. The first-order valence-corrected chi connectivity index (χ1v) is 15.8. The van der Waals surface area contributed by atoms with Crippen molar-refractivity contribution in [2.45, 2.75) is 116 Å². The predicted octanol–water partition coefficient (Wildman–Crippen LogP) is 1.51. The molecular formula is C32H41N3O14. The van der Waals surface area contributed by atoms with Crippen molar-refractivity contribution in [3.8, 4) is 0 Å². The molecule has 0 spiro atoms. The first-order valence-electron chi connectivity index (χ1n) is 15.8. The molecule has 17 heteroatoms. The van der Waals surface area contributed by atoms with Gasteiger partial charge in [0, 0.05) is 27.7 Å². The Labute approximate surface area is 282 Å². The van der Waals surface area contributed by atoms with Gasteiger partial charge in [0.05, 0.1) is 31.6 Å². The van der Waals surface area contributed by atoms with Crippen LogP contribution < -0.4 is 0 Å². The van der Waals surface area contributed by atoms with E-state index in [9.17, 15) is 19.2 Å². The maximum Gasteiger partial charge on any atom is 0.303 e. The molecule has 268 valence electrons. The Morgan fingerprint density at radius 2 is 1.49 bits per heavy atom. The summed E-state index contributed by atoms with van der Waals surface area (Å²) < 4.78 is 59.9. The average Bonchev–Trinajstić information content (AvgIpc) is 3.69. The number of carbonyl (C=O) groups is 4. The van der Waals surface area contributed by atoms with Crippen LogP contribution in [0.15, 0.2) is 36.5 Å². The highest BCUT2D eigenvalue weighted by atomic mass is 16.8. The number of hydrogen-bond donors (Lipinski definition) is 0. The molecule has 3 aliphatic rings. The van der Waals surface area contributed by atoms with Crippen LogP contribution in [-0.2, 0) is 79.7 Å². The molecule has 5 rings (SSSR count). The molecule has 9 atom stereocenters. The average molecular weight is 692 g/mol. The zero-order valence-electron chi connectivity index (χ0n) is 28.0. The van der Waals surface area contributed by atoms with Gasteiger partial charge in [-0.05, 0) is 19.4 Å². The maximum absolute atomic E-state index is 12.1. The summed E-state index contributed by atoms with van der Waals surface area (Å²) in [6, 6.07) is 9.68. The normalized spacial score (nSPS) is 30.3. The lowest BCUT2D eigenvalue weighted by Crippen LogP contribution is -2.63. The van der Waals surface area contributed by atoms with Crippen LogP contribution in [0.1, 0.15) is 58.9 Å². The third-order valence-electron chi connectivity index (χ3n) is 7.75. The molecule has 3 saturated heterocycles.